The van der Waals surface area contributed by atoms with Crippen molar-refractivity contribution in [2.75, 3.05) is 33.4 Å². The van der Waals surface area contributed by atoms with Gasteiger partial charge >= 0.3 is 0 Å². The summed E-state index contributed by atoms with van der Waals surface area (Å²) in [6.07, 6.45) is 4.99. The van der Waals surface area contributed by atoms with Crippen LogP contribution in [0.25, 0.3) is 0 Å². The Balaban J connectivity index is 2.06. The number of ether oxygens (including phenoxy) is 1. The molecule has 0 saturated carbocycles. The van der Waals surface area contributed by atoms with Crippen LogP contribution in [-0.4, -0.2) is 50.3 Å². The van der Waals surface area contributed by atoms with E-state index in [-0.39, 0.29) is 0 Å². The molecular weight excluding hydrogens is 200 g/mol. The highest BCUT2D eigenvalue weighted by Gasteiger charge is 2.23. The number of nitrogens with zero attached hydrogens (tertiary/aromatic N) is 1. The Morgan fingerprint density at radius 2 is 2.25 bits per heavy atom. The van der Waals surface area contributed by atoms with E-state index < -0.39 is 0 Å². The quantitative estimate of drug-likeness (QED) is 0.642. The van der Waals surface area contributed by atoms with Crippen LogP contribution >= 0.6 is 0 Å². The molecule has 0 aromatic carbocycles. The van der Waals surface area contributed by atoms with Crippen LogP contribution in [0.15, 0.2) is 0 Å². The van der Waals surface area contributed by atoms with E-state index in [0.29, 0.717) is 12.1 Å². The second kappa shape index (κ2) is 8.04. The highest BCUT2D eigenvalue weighted by Crippen LogP contribution is 2.15. The van der Waals surface area contributed by atoms with E-state index >= 15 is 0 Å². The molecule has 1 N–H and O–H groups in total. The van der Waals surface area contributed by atoms with Crippen molar-refractivity contribution in [3.05, 3.63) is 0 Å². The first-order valence-corrected chi connectivity index (χ1v) is 6.76. The Labute approximate surface area is 101 Å². The van der Waals surface area contributed by atoms with Crippen LogP contribution in [0.3, 0.4) is 0 Å². The Morgan fingerprint density at radius 1 is 1.44 bits per heavy atom. The third-order valence-electron chi connectivity index (χ3n) is 3.58. The van der Waals surface area contributed by atoms with Crippen molar-refractivity contribution in [1.29, 1.82) is 0 Å². The van der Waals surface area contributed by atoms with Gasteiger partial charge < -0.3 is 10.1 Å². The van der Waals surface area contributed by atoms with Crippen LogP contribution in [0, 0.1) is 0 Å². The Bertz CT molecular complexity index is 169. The molecule has 0 amide bonds. The molecule has 1 aliphatic heterocycles. The summed E-state index contributed by atoms with van der Waals surface area (Å²) >= 11 is 0. The van der Waals surface area contributed by atoms with Gasteiger partial charge in [0.2, 0.25) is 0 Å². The van der Waals surface area contributed by atoms with E-state index in [1.807, 2.05) is 0 Å². The molecule has 1 saturated heterocycles. The third kappa shape index (κ3) is 4.81. The zero-order chi connectivity index (χ0) is 11.8. The fourth-order valence-corrected chi connectivity index (χ4v) is 2.23. The molecule has 0 radical (unpaired) electrons. The molecule has 1 aliphatic rings. The van der Waals surface area contributed by atoms with Gasteiger partial charge in [0.1, 0.15) is 0 Å². The molecule has 16 heavy (non-hydrogen) atoms. The minimum atomic E-state index is 0.651. The van der Waals surface area contributed by atoms with Crippen LogP contribution in [0.4, 0.5) is 0 Å². The highest BCUT2D eigenvalue weighted by atomic mass is 16.5. The second-order valence-electron chi connectivity index (χ2n) is 4.92. The fraction of sp³-hybridized carbons (Fsp3) is 1.00. The number of likely N-dealkylation sites (N-methyl/N-ethyl adjacent to an activating group) is 1. The largest absolute Gasteiger partial charge is 0.380 e. The van der Waals surface area contributed by atoms with Gasteiger partial charge in [0.05, 0.1) is 6.61 Å². The Hall–Kier alpha value is -0.120. The monoisotopic (exact) mass is 228 g/mol. The first kappa shape index (κ1) is 13.9. The summed E-state index contributed by atoms with van der Waals surface area (Å²) in [6.45, 7) is 8.73. The Morgan fingerprint density at radius 3 is 2.88 bits per heavy atom. The van der Waals surface area contributed by atoms with E-state index in [9.17, 15) is 0 Å². The maximum Gasteiger partial charge on any atom is 0.0622 e. The summed E-state index contributed by atoms with van der Waals surface area (Å²) in [6, 6.07) is 1.33. The molecule has 2 atom stereocenters. The maximum absolute atomic E-state index is 5.43. The molecule has 0 bridgehead atoms. The summed E-state index contributed by atoms with van der Waals surface area (Å²) in [5, 5.41) is 3.46. The van der Waals surface area contributed by atoms with E-state index in [1.165, 1.54) is 25.7 Å². The average molecular weight is 228 g/mol. The van der Waals surface area contributed by atoms with Crippen LogP contribution < -0.4 is 5.32 Å². The lowest BCUT2D eigenvalue weighted by atomic mass is 10.1. The molecule has 2 unspecified atom stereocenters. The van der Waals surface area contributed by atoms with Gasteiger partial charge in [0, 0.05) is 18.7 Å². The first-order valence-electron chi connectivity index (χ1n) is 6.76. The smallest absolute Gasteiger partial charge is 0.0622 e. The summed E-state index contributed by atoms with van der Waals surface area (Å²) in [5.74, 6) is 0. The molecule has 96 valence electrons. The molecule has 3 heteroatoms. The Kier molecular flexibility index (Phi) is 7.01. The van der Waals surface area contributed by atoms with Crippen molar-refractivity contribution in [3.8, 4) is 0 Å². The normalized spacial score (nSPS) is 22.9. The molecule has 1 fully saturated rings. The van der Waals surface area contributed by atoms with Gasteiger partial charge in [0.15, 0.2) is 0 Å². The van der Waals surface area contributed by atoms with Crippen molar-refractivity contribution in [2.45, 2.75) is 51.6 Å². The van der Waals surface area contributed by atoms with Gasteiger partial charge in [-0.1, -0.05) is 6.92 Å². The third-order valence-corrected chi connectivity index (χ3v) is 3.58. The van der Waals surface area contributed by atoms with Crippen molar-refractivity contribution in [2.24, 2.45) is 0 Å². The van der Waals surface area contributed by atoms with Crippen LogP contribution in [0.1, 0.15) is 39.5 Å². The lowest BCUT2D eigenvalue weighted by Gasteiger charge is -2.29. The van der Waals surface area contributed by atoms with E-state index in [0.717, 1.165) is 26.3 Å². The molecule has 0 aromatic heterocycles. The SMILES string of the molecule is CCCNCCCC(C)N(C)C1CCOC1. The van der Waals surface area contributed by atoms with Crippen LogP contribution in [0.2, 0.25) is 0 Å². The predicted octanol–water partition coefficient (Wildman–Crippen LogP) is 1.88. The van der Waals surface area contributed by atoms with E-state index in [2.05, 4.69) is 31.1 Å². The number of hydrogen-bond donors (Lipinski definition) is 1. The zero-order valence-electron chi connectivity index (χ0n) is 11.2. The second-order valence-corrected chi connectivity index (χ2v) is 4.92. The maximum atomic E-state index is 5.43. The molecule has 0 aromatic rings. The lowest BCUT2D eigenvalue weighted by molar-refractivity contribution is 0.133. The first-order chi connectivity index (χ1) is 7.75. The topological polar surface area (TPSA) is 24.5 Å². The van der Waals surface area contributed by atoms with Gasteiger partial charge in [0.25, 0.3) is 0 Å². The molecule has 3 nitrogen and oxygen atoms in total. The van der Waals surface area contributed by atoms with Gasteiger partial charge in [-0.15, -0.1) is 0 Å². The highest BCUT2D eigenvalue weighted by molar-refractivity contribution is 4.77. The van der Waals surface area contributed by atoms with Crippen molar-refractivity contribution in [1.82, 2.24) is 10.2 Å². The fourth-order valence-electron chi connectivity index (χ4n) is 2.23. The molecule has 0 aliphatic carbocycles. The zero-order valence-corrected chi connectivity index (χ0v) is 11.2. The van der Waals surface area contributed by atoms with Crippen molar-refractivity contribution >= 4 is 0 Å². The predicted molar refractivity (Wildman–Crippen MR) is 68.8 cm³/mol. The minimum Gasteiger partial charge on any atom is -0.380 e. The average Bonchev–Trinajstić information content (AvgIpc) is 2.81. The number of nitrogens with one attached hydrogen (secondary N) is 1. The molecule has 1 rings (SSSR count). The van der Waals surface area contributed by atoms with Gasteiger partial charge in [-0.25, -0.2) is 0 Å². The molecular formula is C13H28N2O. The van der Waals surface area contributed by atoms with Gasteiger partial charge in [-0.3, -0.25) is 4.90 Å². The summed E-state index contributed by atoms with van der Waals surface area (Å²) < 4.78 is 5.43. The van der Waals surface area contributed by atoms with Gasteiger partial charge in [-0.05, 0) is 52.7 Å². The number of hydrogen-bond acceptors (Lipinski definition) is 3. The summed E-state index contributed by atoms with van der Waals surface area (Å²) in [7, 11) is 2.24. The van der Waals surface area contributed by atoms with Crippen LogP contribution in [0.5, 0.6) is 0 Å². The van der Waals surface area contributed by atoms with Gasteiger partial charge in [-0.2, -0.15) is 0 Å². The number of rotatable bonds is 8. The minimum absolute atomic E-state index is 0.651. The van der Waals surface area contributed by atoms with Crippen molar-refractivity contribution in [3.63, 3.8) is 0 Å². The van der Waals surface area contributed by atoms with Crippen molar-refractivity contribution < 1.29 is 4.74 Å². The summed E-state index contributed by atoms with van der Waals surface area (Å²) in [4.78, 5) is 2.49. The van der Waals surface area contributed by atoms with E-state index in [4.69, 9.17) is 4.74 Å². The molecule has 1 heterocycles. The molecule has 0 spiro atoms. The summed E-state index contributed by atoms with van der Waals surface area (Å²) in [5.41, 5.74) is 0. The van der Waals surface area contributed by atoms with E-state index in [1.54, 1.807) is 0 Å². The standard InChI is InChI=1S/C13H28N2O/c1-4-8-14-9-5-6-12(2)15(3)13-7-10-16-11-13/h12-14H,4-11H2,1-3H3. The van der Waals surface area contributed by atoms with Crippen LogP contribution in [-0.2, 0) is 4.74 Å². The lowest BCUT2D eigenvalue weighted by Crippen LogP contribution is -2.39.